The second kappa shape index (κ2) is 5.14. The predicted octanol–water partition coefficient (Wildman–Crippen LogP) is 2.42. The minimum atomic E-state index is -0.588. The number of ether oxygens (including phenoxy) is 1. The van der Waals surface area contributed by atoms with Gasteiger partial charge in [0.1, 0.15) is 11.5 Å². The molecule has 0 aliphatic rings. The molecule has 0 unspecified atom stereocenters. The van der Waals surface area contributed by atoms with Gasteiger partial charge in [0, 0.05) is 0 Å². The average molecular weight is 267 g/mol. The number of thiazole rings is 1. The Morgan fingerprint density at radius 3 is 2.67 bits per heavy atom. The first kappa shape index (κ1) is 12.5. The van der Waals surface area contributed by atoms with Gasteiger partial charge in [0.05, 0.1) is 11.5 Å². The second-order valence-corrected chi connectivity index (χ2v) is 4.43. The van der Waals surface area contributed by atoms with Crippen molar-refractivity contribution in [3.8, 4) is 10.4 Å². The third-order valence-corrected chi connectivity index (χ3v) is 3.17. The van der Waals surface area contributed by atoms with Gasteiger partial charge >= 0.3 is 10.8 Å². The van der Waals surface area contributed by atoms with E-state index in [-0.39, 0.29) is 23.0 Å². The summed E-state index contributed by atoms with van der Waals surface area (Å²) in [6, 6.07) is 5.57. The Kier molecular flexibility index (Phi) is 3.57. The number of aromatic nitrogens is 1. The third kappa shape index (κ3) is 2.48. The summed E-state index contributed by atoms with van der Waals surface area (Å²) in [5.41, 5.74) is 0.710. The maximum Gasteiger partial charge on any atom is 0.356 e. The zero-order valence-electron chi connectivity index (χ0n) is 9.53. The highest BCUT2D eigenvalue weighted by Gasteiger charge is 2.18. The fourth-order valence-corrected chi connectivity index (χ4v) is 2.31. The molecule has 18 heavy (non-hydrogen) atoms. The van der Waals surface area contributed by atoms with Gasteiger partial charge in [-0.25, -0.2) is 9.18 Å². The topological polar surface area (TPSA) is 59.2 Å². The van der Waals surface area contributed by atoms with E-state index in [0.717, 1.165) is 11.3 Å². The number of rotatable bonds is 3. The van der Waals surface area contributed by atoms with Crippen LogP contribution in [-0.4, -0.2) is 17.6 Å². The van der Waals surface area contributed by atoms with Crippen LogP contribution in [0.2, 0.25) is 0 Å². The maximum absolute atomic E-state index is 12.8. The van der Waals surface area contributed by atoms with Crippen molar-refractivity contribution >= 4 is 17.3 Å². The van der Waals surface area contributed by atoms with E-state index >= 15 is 0 Å². The smallest absolute Gasteiger partial charge is 0.356 e. The lowest BCUT2D eigenvalue weighted by Crippen LogP contribution is -2.08. The molecule has 0 bridgehead atoms. The Balaban J connectivity index is 2.47. The van der Waals surface area contributed by atoms with E-state index < -0.39 is 5.97 Å². The summed E-state index contributed by atoms with van der Waals surface area (Å²) < 4.78 is 17.7. The zero-order valence-corrected chi connectivity index (χ0v) is 10.3. The summed E-state index contributed by atoms with van der Waals surface area (Å²) in [4.78, 5) is 25.5. The molecule has 0 aliphatic heterocycles. The molecule has 94 valence electrons. The number of benzene rings is 1. The van der Waals surface area contributed by atoms with Crippen LogP contribution < -0.4 is 4.87 Å². The molecule has 1 aromatic carbocycles. The van der Waals surface area contributed by atoms with E-state index in [4.69, 9.17) is 4.74 Å². The fourth-order valence-electron chi connectivity index (χ4n) is 1.48. The van der Waals surface area contributed by atoms with Crippen LogP contribution in [0.4, 0.5) is 4.39 Å². The average Bonchev–Trinajstić information content (AvgIpc) is 2.73. The van der Waals surface area contributed by atoms with Crippen molar-refractivity contribution < 1.29 is 13.9 Å². The molecule has 6 heteroatoms. The highest BCUT2D eigenvalue weighted by Crippen LogP contribution is 2.26. The van der Waals surface area contributed by atoms with Crippen molar-refractivity contribution in [3.63, 3.8) is 0 Å². The predicted molar refractivity (Wildman–Crippen MR) is 66.3 cm³/mol. The second-order valence-electron chi connectivity index (χ2n) is 3.45. The number of carbonyl (C=O) groups excluding carboxylic acids is 1. The van der Waals surface area contributed by atoms with Gasteiger partial charge in [0.15, 0.2) is 0 Å². The number of carbonyl (C=O) groups is 1. The quantitative estimate of drug-likeness (QED) is 0.869. The molecule has 1 aromatic heterocycles. The SMILES string of the molecule is CCOC(=O)c1[nH]c(=O)sc1-c1ccc(F)cc1. The number of esters is 1. The summed E-state index contributed by atoms with van der Waals surface area (Å²) >= 11 is 0.893. The van der Waals surface area contributed by atoms with Crippen molar-refractivity contribution in [1.29, 1.82) is 0 Å². The number of H-pyrrole nitrogens is 1. The number of nitrogens with one attached hydrogen (secondary N) is 1. The molecule has 2 aromatic rings. The molecular formula is C12H10FNO3S. The molecule has 0 spiro atoms. The van der Waals surface area contributed by atoms with Crippen LogP contribution in [0, 0.1) is 5.82 Å². The summed E-state index contributed by atoms with van der Waals surface area (Å²) in [6.45, 7) is 1.90. The van der Waals surface area contributed by atoms with Crippen molar-refractivity contribution in [2.45, 2.75) is 6.92 Å². The van der Waals surface area contributed by atoms with Gasteiger partial charge in [-0.3, -0.25) is 4.79 Å². The van der Waals surface area contributed by atoms with E-state index in [0.29, 0.717) is 10.4 Å². The molecule has 0 amide bonds. The number of hydrogen-bond donors (Lipinski definition) is 1. The molecule has 0 atom stereocenters. The van der Waals surface area contributed by atoms with Gasteiger partial charge in [0.2, 0.25) is 0 Å². The molecule has 1 heterocycles. The highest BCUT2D eigenvalue weighted by atomic mass is 32.1. The van der Waals surface area contributed by atoms with Gasteiger partial charge in [-0.05, 0) is 24.6 Å². The van der Waals surface area contributed by atoms with E-state index in [1.54, 1.807) is 6.92 Å². The van der Waals surface area contributed by atoms with Crippen LogP contribution in [-0.2, 0) is 4.74 Å². The first-order valence-electron chi connectivity index (χ1n) is 5.28. The molecule has 0 saturated heterocycles. The van der Waals surface area contributed by atoms with Crippen molar-refractivity contribution in [2.75, 3.05) is 6.61 Å². The first-order chi connectivity index (χ1) is 8.61. The van der Waals surface area contributed by atoms with E-state index in [1.165, 1.54) is 24.3 Å². The lowest BCUT2D eigenvalue weighted by atomic mass is 10.1. The Bertz CT molecular complexity index is 615. The van der Waals surface area contributed by atoms with Crippen LogP contribution in [0.1, 0.15) is 17.4 Å². The lowest BCUT2D eigenvalue weighted by molar-refractivity contribution is 0.0521. The fraction of sp³-hybridized carbons (Fsp3) is 0.167. The normalized spacial score (nSPS) is 10.3. The zero-order chi connectivity index (χ0) is 13.1. The van der Waals surface area contributed by atoms with Crippen molar-refractivity contribution in [2.24, 2.45) is 0 Å². The summed E-state index contributed by atoms with van der Waals surface area (Å²) in [6.07, 6.45) is 0. The maximum atomic E-state index is 12.8. The Hall–Kier alpha value is -1.95. The molecule has 1 N–H and O–H groups in total. The summed E-state index contributed by atoms with van der Waals surface area (Å²) in [7, 11) is 0. The highest BCUT2D eigenvalue weighted by molar-refractivity contribution is 7.13. The summed E-state index contributed by atoms with van der Waals surface area (Å²) in [5, 5.41) is 0. The monoisotopic (exact) mass is 267 g/mol. The Morgan fingerprint density at radius 1 is 1.39 bits per heavy atom. The minimum Gasteiger partial charge on any atom is -0.461 e. The molecular weight excluding hydrogens is 257 g/mol. The minimum absolute atomic E-state index is 0.110. The molecule has 0 aliphatic carbocycles. The van der Waals surface area contributed by atoms with E-state index in [1.807, 2.05) is 0 Å². The molecule has 0 fully saturated rings. The van der Waals surface area contributed by atoms with Gasteiger partial charge in [-0.2, -0.15) is 0 Å². The Labute approximate surface area is 106 Å². The molecule has 0 saturated carbocycles. The standard InChI is InChI=1S/C12H10FNO3S/c1-2-17-11(15)9-10(18-12(16)14-9)7-3-5-8(13)6-4-7/h3-6H,2H2,1H3,(H,14,16). The Morgan fingerprint density at radius 2 is 2.06 bits per heavy atom. The number of aromatic amines is 1. The van der Waals surface area contributed by atoms with E-state index in [9.17, 15) is 14.0 Å². The summed E-state index contributed by atoms with van der Waals surface area (Å²) in [5.74, 6) is -0.963. The molecule has 2 rings (SSSR count). The van der Waals surface area contributed by atoms with Crippen LogP contribution in [0.5, 0.6) is 0 Å². The van der Waals surface area contributed by atoms with Crippen LogP contribution in [0.3, 0.4) is 0 Å². The number of halogens is 1. The van der Waals surface area contributed by atoms with Gasteiger partial charge < -0.3 is 9.72 Å². The van der Waals surface area contributed by atoms with Crippen LogP contribution in [0.15, 0.2) is 29.1 Å². The molecule has 4 nitrogen and oxygen atoms in total. The largest absolute Gasteiger partial charge is 0.461 e. The molecule has 0 radical (unpaired) electrons. The van der Waals surface area contributed by atoms with E-state index in [2.05, 4.69) is 4.98 Å². The van der Waals surface area contributed by atoms with Gasteiger partial charge in [-0.15, -0.1) is 0 Å². The van der Waals surface area contributed by atoms with Crippen molar-refractivity contribution in [3.05, 3.63) is 45.4 Å². The van der Waals surface area contributed by atoms with Crippen LogP contribution >= 0.6 is 11.3 Å². The number of hydrogen-bond acceptors (Lipinski definition) is 4. The van der Waals surface area contributed by atoms with Crippen molar-refractivity contribution in [1.82, 2.24) is 4.98 Å². The van der Waals surface area contributed by atoms with Gasteiger partial charge in [-0.1, -0.05) is 23.5 Å². The lowest BCUT2D eigenvalue weighted by Gasteiger charge is -2.02. The van der Waals surface area contributed by atoms with Gasteiger partial charge in [0.25, 0.3) is 0 Å². The first-order valence-corrected chi connectivity index (χ1v) is 6.09. The third-order valence-electron chi connectivity index (χ3n) is 2.23. The van der Waals surface area contributed by atoms with Crippen LogP contribution in [0.25, 0.3) is 10.4 Å².